The monoisotopic (exact) mass is 300 g/mol. The van der Waals surface area contributed by atoms with Crippen LogP contribution in [0.4, 0.5) is 11.8 Å². The third kappa shape index (κ3) is 3.11. The number of nitrogens with one attached hydrogen (secondary N) is 3. The van der Waals surface area contributed by atoms with Gasteiger partial charge in [-0.15, -0.1) is 0 Å². The van der Waals surface area contributed by atoms with Crippen molar-refractivity contribution in [3.8, 4) is 0 Å². The molecule has 0 saturated carbocycles. The third-order valence-electron chi connectivity index (χ3n) is 3.81. The molecule has 6 nitrogen and oxygen atoms in total. The zero-order valence-corrected chi connectivity index (χ0v) is 13.7. The fourth-order valence-electron chi connectivity index (χ4n) is 2.88. The van der Waals surface area contributed by atoms with E-state index in [1.54, 1.807) is 0 Å². The summed E-state index contributed by atoms with van der Waals surface area (Å²) in [5.74, 6) is 1.51. The number of pyridine rings is 1. The topological polar surface area (TPSA) is 74.8 Å². The van der Waals surface area contributed by atoms with Gasteiger partial charge in [-0.1, -0.05) is 0 Å². The molecule has 3 heterocycles. The molecular weight excluding hydrogens is 276 g/mol. The van der Waals surface area contributed by atoms with Crippen LogP contribution in [0.15, 0.2) is 6.07 Å². The summed E-state index contributed by atoms with van der Waals surface area (Å²) < 4.78 is 0. The average molecular weight is 300 g/mol. The summed E-state index contributed by atoms with van der Waals surface area (Å²) in [4.78, 5) is 13.9. The number of fused-ring (bicyclic) bond motifs is 1. The zero-order chi connectivity index (χ0) is 15.7. The first-order valence-electron chi connectivity index (χ1n) is 7.92. The third-order valence-corrected chi connectivity index (χ3v) is 3.81. The fourth-order valence-corrected chi connectivity index (χ4v) is 2.88. The second-order valence-electron chi connectivity index (χ2n) is 6.31. The van der Waals surface area contributed by atoms with Gasteiger partial charge in [-0.3, -0.25) is 0 Å². The summed E-state index contributed by atoms with van der Waals surface area (Å²) in [6.45, 7) is 10.3. The standard InChI is InChI=1S/C16H24N6/c1-9(2)18-14-13-10(3)7-11(4)19-15(13)22-16(21-14)20-12-5-6-17-8-12/h7,9,12,17H,5-6,8H2,1-4H3,(H2,18,19,20,21,22). The maximum absolute atomic E-state index is 4.69. The number of rotatable bonds is 4. The fraction of sp³-hybridized carbons (Fsp3) is 0.562. The van der Waals surface area contributed by atoms with Gasteiger partial charge in [-0.05, 0) is 52.3 Å². The van der Waals surface area contributed by atoms with Crippen LogP contribution in [0.25, 0.3) is 11.0 Å². The maximum Gasteiger partial charge on any atom is 0.226 e. The Morgan fingerprint density at radius 1 is 1.23 bits per heavy atom. The minimum absolute atomic E-state index is 0.305. The highest BCUT2D eigenvalue weighted by atomic mass is 15.2. The van der Waals surface area contributed by atoms with E-state index in [4.69, 9.17) is 4.98 Å². The number of aryl methyl sites for hydroxylation is 2. The van der Waals surface area contributed by atoms with Gasteiger partial charge in [0.2, 0.25) is 5.95 Å². The molecule has 1 aliphatic heterocycles. The molecule has 118 valence electrons. The highest BCUT2D eigenvalue weighted by Crippen LogP contribution is 2.26. The van der Waals surface area contributed by atoms with Crippen LogP contribution in [-0.4, -0.2) is 40.1 Å². The van der Waals surface area contributed by atoms with Crippen molar-refractivity contribution in [1.29, 1.82) is 0 Å². The predicted octanol–water partition coefficient (Wildman–Crippen LogP) is 2.24. The molecule has 6 heteroatoms. The molecule has 1 unspecified atom stereocenters. The quantitative estimate of drug-likeness (QED) is 0.804. The van der Waals surface area contributed by atoms with Gasteiger partial charge in [-0.2, -0.15) is 9.97 Å². The predicted molar refractivity (Wildman–Crippen MR) is 90.5 cm³/mol. The van der Waals surface area contributed by atoms with Crippen LogP contribution in [0.1, 0.15) is 31.5 Å². The second-order valence-corrected chi connectivity index (χ2v) is 6.31. The van der Waals surface area contributed by atoms with Crippen LogP contribution in [0.5, 0.6) is 0 Å². The van der Waals surface area contributed by atoms with E-state index in [-0.39, 0.29) is 0 Å². The van der Waals surface area contributed by atoms with Crippen molar-refractivity contribution in [3.05, 3.63) is 17.3 Å². The van der Waals surface area contributed by atoms with Crippen LogP contribution in [0, 0.1) is 13.8 Å². The lowest BCUT2D eigenvalue weighted by Crippen LogP contribution is -2.24. The first kappa shape index (κ1) is 15.0. The van der Waals surface area contributed by atoms with Gasteiger partial charge in [0.05, 0.1) is 5.39 Å². The molecule has 0 bridgehead atoms. The van der Waals surface area contributed by atoms with Crippen LogP contribution in [0.3, 0.4) is 0 Å². The molecule has 0 aliphatic carbocycles. The lowest BCUT2D eigenvalue weighted by Gasteiger charge is -2.17. The van der Waals surface area contributed by atoms with Gasteiger partial charge in [0.25, 0.3) is 0 Å². The van der Waals surface area contributed by atoms with Crippen molar-refractivity contribution >= 4 is 22.8 Å². The summed E-state index contributed by atoms with van der Waals surface area (Å²) in [5, 5.41) is 11.2. The molecule has 3 N–H and O–H groups in total. The van der Waals surface area contributed by atoms with Gasteiger partial charge < -0.3 is 16.0 Å². The van der Waals surface area contributed by atoms with Crippen LogP contribution in [0.2, 0.25) is 0 Å². The summed E-state index contributed by atoms with van der Waals surface area (Å²) in [5.41, 5.74) is 2.89. The van der Waals surface area contributed by atoms with Gasteiger partial charge in [0, 0.05) is 24.3 Å². The van der Waals surface area contributed by atoms with Gasteiger partial charge in [-0.25, -0.2) is 4.98 Å². The lowest BCUT2D eigenvalue weighted by atomic mass is 10.1. The molecule has 2 aromatic rings. The van der Waals surface area contributed by atoms with Gasteiger partial charge >= 0.3 is 0 Å². The van der Waals surface area contributed by atoms with Crippen molar-refractivity contribution in [3.63, 3.8) is 0 Å². The Kier molecular flexibility index (Phi) is 4.11. The molecule has 1 saturated heterocycles. The average Bonchev–Trinajstić information content (AvgIpc) is 2.89. The number of hydrogen-bond acceptors (Lipinski definition) is 6. The normalized spacial score (nSPS) is 18.1. The van der Waals surface area contributed by atoms with E-state index >= 15 is 0 Å². The Bertz CT molecular complexity index is 676. The second kappa shape index (κ2) is 6.04. The van der Waals surface area contributed by atoms with Gasteiger partial charge in [0.15, 0.2) is 5.65 Å². The summed E-state index contributed by atoms with van der Waals surface area (Å²) in [6.07, 6.45) is 1.09. The van der Waals surface area contributed by atoms with Crippen molar-refractivity contribution in [2.45, 2.75) is 46.2 Å². The van der Waals surface area contributed by atoms with Crippen molar-refractivity contribution in [1.82, 2.24) is 20.3 Å². The van der Waals surface area contributed by atoms with Crippen molar-refractivity contribution in [2.75, 3.05) is 23.7 Å². The number of aromatic nitrogens is 3. The summed E-state index contributed by atoms with van der Waals surface area (Å²) >= 11 is 0. The number of anilines is 2. The largest absolute Gasteiger partial charge is 0.367 e. The molecule has 0 aromatic carbocycles. The van der Waals surface area contributed by atoms with Gasteiger partial charge in [0.1, 0.15) is 5.82 Å². The molecule has 1 fully saturated rings. The SMILES string of the molecule is Cc1cc(C)c2c(NC(C)C)nc(NC3CCNC3)nc2n1. The van der Waals surface area contributed by atoms with E-state index in [0.717, 1.165) is 47.6 Å². The molecule has 1 aliphatic rings. The minimum atomic E-state index is 0.305. The lowest BCUT2D eigenvalue weighted by molar-refractivity contribution is 0.781. The zero-order valence-electron chi connectivity index (χ0n) is 13.7. The van der Waals surface area contributed by atoms with E-state index in [1.807, 2.05) is 6.92 Å². The van der Waals surface area contributed by atoms with Crippen molar-refractivity contribution in [2.24, 2.45) is 0 Å². The Balaban J connectivity index is 2.06. The smallest absolute Gasteiger partial charge is 0.226 e. The highest BCUT2D eigenvalue weighted by Gasteiger charge is 2.18. The first-order chi connectivity index (χ1) is 10.5. The molecule has 1 atom stereocenters. The Morgan fingerprint density at radius 3 is 2.73 bits per heavy atom. The molecular formula is C16H24N6. The van der Waals surface area contributed by atoms with E-state index < -0.39 is 0 Å². The van der Waals surface area contributed by atoms with Crippen LogP contribution < -0.4 is 16.0 Å². The minimum Gasteiger partial charge on any atom is -0.367 e. The molecule has 0 radical (unpaired) electrons. The van der Waals surface area contributed by atoms with Crippen LogP contribution >= 0.6 is 0 Å². The molecule has 0 amide bonds. The summed E-state index contributed by atoms with van der Waals surface area (Å²) in [7, 11) is 0. The van der Waals surface area contributed by atoms with E-state index in [2.05, 4.69) is 52.8 Å². The van der Waals surface area contributed by atoms with Crippen LogP contribution in [-0.2, 0) is 0 Å². The first-order valence-corrected chi connectivity index (χ1v) is 7.92. The van der Waals surface area contributed by atoms with E-state index in [9.17, 15) is 0 Å². The van der Waals surface area contributed by atoms with Crippen molar-refractivity contribution < 1.29 is 0 Å². The van der Waals surface area contributed by atoms with E-state index in [0.29, 0.717) is 18.0 Å². The Hall–Kier alpha value is -1.95. The Labute approximate surface area is 131 Å². The maximum atomic E-state index is 4.69. The highest BCUT2D eigenvalue weighted by molar-refractivity contribution is 5.90. The Morgan fingerprint density at radius 2 is 2.05 bits per heavy atom. The number of nitrogens with zero attached hydrogens (tertiary/aromatic N) is 3. The molecule has 3 rings (SSSR count). The molecule has 2 aromatic heterocycles. The molecule has 22 heavy (non-hydrogen) atoms. The number of hydrogen-bond donors (Lipinski definition) is 3. The summed E-state index contributed by atoms with van der Waals surface area (Å²) in [6, 6.07) is 2.76. The molecule has 0 spiro atoms. The van der Waals surface area contributed by atoms with E-state index in [1.165, 1.54) is 0 Å².